The van der Waals surface area contributed by atoms with Crippen LogP contribution in [-0.4, -0.2) is 13.7 Å². The van der Waals surface area contributed by atoms with Crippen molar-refractivity contribution in [2.45, 2.75) is 32.1 Å². The lowest BCUT2D eigenvalue weighted by molar-refractivity contribution is 0.407. The van der Waals surface area contributed by atoms with Crippen molar-refractivity contribution >= 4 is 0 Å². The molecule has 0 radical (unpaired) electrons. The van der Waals surface area contributed by atoms with Crippen molar-refractivity contribution in [2.24, 2.45) is 5.73 Å². The fourth-order valence-corrected chi connectivity index (χ4v) is 2.83. The van der Waals surface area contributed by atoms with Crippen LogP contribution >= 0.6 is 0 Å². The van der Waals surface area contributed by atoms with Gasteiger partial charge in [0, 0.05) is 5.56 Å². The van der Waals surface area contributed by atoms with E-state index in [-0.39, 0.29) is 0 Å². The van der Waals surface area contributed by atoms with Crippen LogP contribution in [0.25, 0.3) is 0 Å². The Morgan fingerprint density at radius 3 is 2.73 bits per heavy atom. The SMILES string of the molecule is COc1ccc(C)c2c1C(C)CC2CN. The van der Waals surface area contributed by atoms with E-state index < -0.39 is 0 Å². The minimum atomic E-state index is 0.519. The Kier molecular flexibility index (Phi) is 2.70. The van der Waals surface area contributed by atoms with Crippen LogP contribution in [0.4, 0.5) is 0 Å². The lowest BCUT2D eigenvalue weighted by Crippen LogP contribution is -2.10. The number of hydrogen-bond acceptors (Lipinski definition) is 2. The molecule has 0 saturated carbocycles. The molecule has 1 aliphatic rings. The smallest absolute Gasteiger partial charge is 0.122 e. The van der Waals surface area contributed by atoms with E-state index in [1.54, 1.807) is 7.11 Å². The molecule has 2 nitrogen and oxygen atoms in total. The Bertz CT molecular complexity index is 373. The van der Waals surface area contributed by atoms with Gasteiger partial charge in [-0.25, -0.2) is 0 Å². The summed E-state index contributed by atoms with van der Waals surface area (Å²) in [5, 5.41) is 0. The second-order valence-electron chi connectivity index (χ2n) is 4.48. The molecule has 0 spiro atoms. The van der Waals surface area contributed by atoms with Crippen molar-refractivity contribution in [3.8, 4) is 5.75 Å². The molecule has 82 valence electrons. The van der Waals surface area contributed by atoms with Crippen molar-refractivity contribution in [1.29, 1.82) is 0 Å². The molecule has 1 aliphatic carbocycles. The third-order valence-electron chi connectivity index (χ3n) is 3.51. The molecule has 15 heavy (non-hydrogen) atoms. The number of fused-ring (bicyclic) bond motifs is 1. The molecule has 0 heterocycles. The summed E-state index contributed by atoms with van der Waals surface area (Å²) in [5.41, 5.74) is 10.00. The Morgan fingerprint density at radius 2 is 2.13 bits per heavy atom. The Morgan fingerprint density at radius 1 is 1.40 bits per heavy atom. The molecule has 1 aromatic rings. The highest BCUT2D eigenvalue weighted by Gasteiger charge is 2.31. The average Bonchev–Trinajstić information content (AvgIpc) is 2.58. The van der Waals surface area contributed by atoms with Gasteiger partial charge in [0.15, 0.2) is 0 Å². The molecule has 0 amide bonds. The average molecular weight is 205 g/mol. The van der Waals surface area contributed by atoms with Gasteiger partial charge in [0.05, 0.1) is 7.11 Å². The highest BCUT2D eigenvalue weighted by molar-refractivity contribution is 5.51. The summed E-state index contributed by atoms with van der Waals surface area (Å²) in [7, 11) is 1.74. The maximum absolute atomic E-state index is 5.83. The Hall–Kier alpha value is -1.02. The van der Waals surface area contributed by atoms with Crippen LogP contribution in [0.3, 0.4) is 0 Å². The van der Waals surface area contributed by atoms with Crippen molar-refractivity contribution in [1.82, 2.24) is 0 Å². The number of rotatable bonds is 2. The summed E-state index contributed by atoms with van der Waals surface area (Å²) < 4.78 is 5.43. The maximum Gasteiger partial charge on any atom is 0.122 e. The van der Waals surface area contributed by atoms with Gasteiger partial charge in [-0.05, 0) is 48.9 Å². The monoisotopic (exact) mass is 205 g/mol. The van der Waals surface area contributed by atoms with Gasteiger partial charge in [0.2, 0.25) is 0 Å². The second kappa shape index (κ2) is 3.86. The molecular formula is C13H19NO. The number of benzene rings is 1. The number of methoxy groups -OCH3 is 1. The van der Waals surface area contributed by atoms with Crippen molar-refractivity contribution in [3.63, 3.8) is 0 Å². The minimum Gasteiger partial charge on any atom is -0.496 e. The van der Waals surface area contributed by atoms with E-state index in [1.165, 1.54) is 16.7 Å². The molecule has 2 heteroatoms. The molecular weight excluding hydrogens is 186 g/mol. The third kappa shape index (κ3) is 1.53. The first-order valence-electron chi connectivity index (χ1n) is 5.56. The third-order valence-corrected chi connectivity index (χ3v) is 3.51. The van der Waals surface area contributed by atoms with Crippen LogP contribution in [-0.2, 0) is 0 Å². The van der Waals surface area contributed by atoms with Crippen LogP contribution in [0.15, 0.2) is 12.1 Å². The highest BCUT2D eigenvalue weighted by Crippen LogP contribution is 2.46. The van der Waals surface area contributed by atoms with Gasteiger partial charge < -0.3 is 10.5 Å². The van der Waals surface area contributed by atoms with Gasteiger partial charge in [-0.15, -0.1) is 0 Å². The van der Waals surface area contributed by atoms with Crippen LogP contribution in [0.5, 0.6) is 5.75 Å². The van der Waals surface area contributed by atoms with Gasteiger partial charge >= 0.3 is 0 Å². The summed E-state index contributed by atoms with van der Waals surface area (Å²) in [6.07, 6.45) is 1.16. The maximum atomic E-state index is 5.83. The molecule has 0 bridgehead atoms. The second-order valence-corrected chi connectivity index (χ2v) is 4.48. The molecule has 2 rings (SSSR count). The van der Waals surface area contributed by atoms with E-state index >= 15 is 0 Å². The van der Waals surface area contributed by atoms with Crippen molar-refractivity contribution in [3.05, 3.63) is 28.8 Å². The standard InChI is InChI=1S/C13H19NO/c1-8-4-5-11(15-3)13-9(2)6-10(7-14)12(8)13/h4-5,9-10H,6-7,14H2,1-3H3. The quantitative estimate of drug-likeness (QED) is 0.805. The van der Waals surface area contributed by atoms with Gasteiger partial charge in [0.25, 0.3) is 0 Å². The fourth-order valence-electron chi connectivity index (χ4n) is 2.83. The zero-order valence-corrected chi connectivity index (χ0v) is 9.71. The fraction of sp³-hybridized carbons (Fsp3) is 0.538. The Labute approximate surface area is 91.4 Å². The number of ether oxygens (including phenoxy) is 1. The topological polar surface area (TPSA) is 35.2 Å². The predicted octanol–water partition coefficient (Wildman–Crippen LogP) is 2.55. The lowest BCUT2D eigenvalue weighted by atomic mass is 9.96. The summed E-state index contributed by atoms with van der Waals surface area (Å²) in [4.78, 5) is 0. The molecule has 2 atom stereocenters. The van der Waals surface area contributed by atoms with Crippen LogP contribution in [0, 0.1) is 6.92 Å². The Balaban J connectivity index is 2.59. The molecule has 1 aromatic carbocycles. The van der Waals surface area contributed by atoms with Gasteiger partial charge in [-0.2, -0.15) is 0 Å². The largest absolute Gasteiger partial charge is 0.496 e. The van der Waals surface area contributed by atoms with Crippen LogP contribution in [0.1, 0.15) is 41.9 Å². The van der Waals surface area contributed by atoms with Crippen LogP contribution < -0.4 is 10.5 Å². The summed E-state index contributed by atoms with van der Waals surface area (Å²) in [5.74, 6) is 2.12. The first-order valence-corrected chi connectivity index (χ1v) is 5.56. The van der Waals surface area contributed by atoms with E-state index in [0.717, 1.165) is 18.7 Å². The molecule has 0 fully saturated rings. The number of aryl methyl sites for hydroxylation is 1. The van der Waals surface area contributed by atoms with Gasteiger partial charge in [-0.1, -0.05) is 13.0 Å². The van der Waals surface area contributed by atoms with E-state index in [0.29, 0.717) is 11.8 Å². The van der Waals surface area contributed by atoms with Crippen LogP contribution in [0.2, 0.25) is 0 Å². The molecule has 0 aromatic heterocycles. The lowest BCUT2D eigenvalue weighted by Gasteiger charge is -2.14. The molecule has 2 N–H and O–H groups in total. The molecule has 0 aliphatic heterocycles. The predicted molar refractivity (Wildman–Crippen MR) is 62.6 cm³/mol. The summed E-state index contributed by atoms with van der Waals surface area (Å²) in [6, 6.07) is 4.21. The minimum absolute atomic E-state index is 0.519. The van der Waals surface area contributed by atoms with Crippen molar-refractivity contribution < 1.29 is 4.74 Å². The molecule has 0 saturated heterocycles. The van der Waals surface area contributed by atoms with E-state index in [4.69, 9.17) is 10.5 Å². The van der Waals surface area contributed by atoms with E-state index in [2.05, 4.69) is 26.0 Å². The summed E-state index contributed by atoms with van der Waals surface area (Å²) in [6.45, 7) is 5.17. The zero-order valence-electron chi connectivity index (χ0n) is 9.71. The first kappa shape index (κ1) is 10.5. The normalized spacial score (nSPS) is 24.0. The first-order chi connectivity index (χ1) is 7.19. The number of nitrogens with two attached hydrogens (primary N) is 1. The van der Waals surface area contributed by atoms with E-state index in [9.17, 15) is 0 Å². The van der Waals surface area contributed by atoms with Crippen molar-refractivity contribution in [2.75, 3.05) is 13.7 Å². The van der Waals surface area contributed by atoms with Gasteiger partial charge in [0.1, 0.15) is 5.75 Å². The highest BCUT2D eigenvalue weighted by atomic mass is 16.5. The summed E-state index contributed by atoms with van der Waals surface area (Å²) >= 11 is 0. The van der Waals surface area contributed by atoms with E-state index in [1.807, 2.05) is 0 Å². The zero-order chi connectivity index (χ0) is 11.0. The molecule has 2 unspecified atom stereocenters. The van der Waals surface area contributed by atoms with Gasteiger partial charge in [-0.3, -0.25) is 0 Å². The number of hydrogen-bond donors (Lipinski definition) is 1.